The zero-order valence-electron chi connectivity index (χ0n) is 14.9. The molecule has 2 aromatic carbocycles. The summed E-state index contributed by atoms with van der Waals surface area (Å²) in [7, 11) is -2.51. The van der Waals surface area contributed by atoms with Gasteiger partial charge in [0.05, 0.1) is 17.6 Å². The molecule has 0 saturated heterocycles. The number of sulfonamides is 1. The first-order valence-electron chi connectivity index (χ1n) is 8.18. The molecule has 0 aliphatic carbocycles. The summed E-state index contributed by atoms with van der Waals surface area (Å²) in [4.78, 5) is 15.8. The topological polar surface area (TPSA) is 90.3 Å². The minimum absolute atomic E-state index is 0.0102. The summed E-state index contributed by atoms with van der Waals surface area (Å²) >= 11 is 0. The number of esters is 1. The second-order valence-corrected chi connectivity index (χ2v) is 7.62. The average Bonchev–Trinajstić information content (AvgIpc) is 3.12. The fraction of sp³-hybridized carbons (Fsp3) is 0.158. The second kappa shape index (κ2) is 7.73. The van der Waals surface area contributed by atoms with Crippen molar-refractivity contribution in [2.75, 3.05) is 7.11 Å². The van der Waals surface area contributed by atoms with Gasteiger partial charge in [-0.05, 0) is 42.8 Å². The molecule has 0 fully saturated rings. The quantitative estimate of drug-likeness (QED) is 0.658. The Morgan fingerprint density at radius 1 is 1.19 bits per heavy atom. The molecule has 8 heteroatoms. The van der Waals surface area contributed by atoms with Gasteiger partial charge in [0.1, 0.15) is 5.82 Å². The maximum atomic E-state index is 12.5. The summed E-state index contributed by atoms with van der Waals surface area (Å²) < 4.78 is 34.1. The Morgan fingerprint density at radius 3 is 2.56 bits per heavy atom. The summed E-state index contributed by atoms with van der Waals surface area (Å²) in [5.41, 5.74) is 1.94. The lowest BCUT2D eigenvalue weighted by Gasteiger charge is -2.09. The zero-order chi connectivity index (χ0) is 19.4. The van der Waals surface area contributed by atoms with Crippen molar-refractivity contribution in [2.24, 2.45) is 0 Å². The van der Waals surface area contributed by atoms with Crippen LogP contribution in [0.25, 0.3) is 5.69 Å². The number of benzene rings is 2. The average molecular weight is 385 g/mol. The molecule has 1 N–H and O–H groups in total. The third kappa shape index (κ3) is 4.24. The van der Waals surface area contributed by atoms with Gasteiger partial charge in [-0.25, -0.2) is 22.9 Å². The maximum absolute atomic E-state index is 12.5. The van der Waals surface area contributed by atoms with Gasteiger partial charge in [-0.3, -0.25) is 0 Å². The van der Waals surface area contributed by atoms with Crippen molar-refractivity contribution in [1.82, 2.24) is 14.3 Å². The molecule has 0 saturated carbocycles. The Balaban J connectivity index is 1.72. The standard InChI is InChI=1S/C19H19N3O4S/c1-14-20-10-11-22(14)17-8-6-15(7-9-17)13-21-27(24,25)18-5-3-4-16(12-18)19(23)26-2/h3-12,21H,13H2,1-2H3. The van der Waals surface area contributed by atoms with Crippen LogP contribution in [0, 0.1) is 6.92 Å². The predicted molar refractivity (Wildman–Crippen MR) is 100 cm³/mol. The molecule has 140 valence electrons. The highest BCUT2D eigenvalue weighted by molar-refractivity contribution is 7.89. The van der Waals surface area contributed by atoms with Crippen LogP contribution in [0.1, 0.15) is 21.7 Å². The van der Waals surface area contributed by atoms with Gasteiger partial charge in [0, 0.05) is 24.6 Å². The lowest BCUT2D eigenvalue weighted by molar-refractivity contribution is 0.0600. The van der Waals surface area contributed by atoms with E-state index in [4.69, 9.17) is 0 Å². The van der Waals surface area contributed by atoms with Gasteiger partial charge in [-0.2, -0.15) is 0 Å². The summed E-state index contributed by atoms with van der Waals surface area (Å²) in [5, 5.41) is 0. The lowest BCUT2D eigenvalue weighted by Crippen LogP contribution is -2.23. The third-order valence-electron chi connectivity index (χ3n) is 4.07. The number of aromatic nitrogens is 2. The van der Waals surface area contributed by atoms with Crippen LogP contribution in [0.4, 0.5) is 0 Å². The molecule has 0 amide bonds. The summed E-state index contributed by atoms with van der Waals surface area (Å²) in [5.74, 6) is 0.284. The van der Waals surface area contributed by atoms with Crippen molar-refractivity contribution in [3.63, 3.8) is 0 Å². The normalized spacial score (nSPS) is 11.3. The van der Waals surface area contributed by atoms with Crippen molar-refractivity contribution < 1.29 is 17.9 Å². The molecular formula is C19H19N3O4S. The molecule has 0 spiro atoms. The van der Waals surface area contributed by atoms with Crippen molar-refractivity contribution in [3.8, 4) is 5.69 Å². The molecule has 1 heterocycles. The first kappa shape index (κ1) is 18.8. The van der Waals surface area contributed by atoms with Crippen LogP contribution >= 0.6 is 0 Å². The van der Waals surface area contributed by atoms with Gasteiger partial charge in [-0.15, -0.1) is 0 Å². The number of rotatable bonds is 6. The number of ether oxygens (including phenoxy) is 1. The number of hydrogen-bond acceptors (Lipinski definition) is 5. The molecule has 0 radical (unpaired) electrons. The predicted octanol–water partition coefficient (Wildman–Crippen LogP) is 2.45. The fourth-order valence-electron chi connectivity index (χ4n) is 2.59. The van der Waals surface area contributed by atoms with Crippen molar-refractivity contribution in [2.45, 2.75) is 18.4 Å². The Morgan fingerprint density at radius 2 is 1.93 bits per heavy atom. The second-order valence-electron chi connectivity index (χ2n) is 5.85. The number of nitrogens with one attached hydrogen (secondary N) is 1. The van der Waals surface area contributed by atoms with E-state index in [9.17, 15) is 13.2 Å². The van der Waals surface area contributed by atoms with Crippen LogP contribution in [0.2, 0.25) is 0 Å². The van der Waals surface area contributed by atoms with Crippen molar-refractivity contribution in [3.05, 3.63) is 77.9 Å². The van der Waals surface area contributed by atoms with E-state index in [1.54, 1.807) is 6.20 Å². The molecular weight excluding hydrogens is 366 g/mol. The highest BCUT2D eigenvalue weighted by Crippen LogP contribution is 2.15. The Kier molecular flexibility index (Phi) is 5.38. The number of aryl methyl sites for hydroxylation is 1. The minimum atomic E-state index is -3.76. The van der Waals surface area contributed by atoms with Crippen molar-refractivity contribution in [1.29, 1.82) is 0 Å². The van der Waals surface area contributed by atoms with Gasteiger partial charge in [0.25, 0.3) is 0 Å². The molecule has 0 aliphatic rings. The van der Waals surface area contributed by atoms with Gasteiger partial charge < -0.3 is 9.30 Å². The number of nitrogens with zero attached hydrogens (tertiary/aromatic N) is 2. The minimum Gasteiger partial charge on any atom is -0.465 e. The van der Waals surface area contributed by atoms with E-state index >= 15 is 0 Å². The third-order valence-corrected chi connectivity index (χ3v) is 5.47. The van der Waals surface area contributed by atoms with Crippen LogP contribution < -0.4 is 4.72 Å². The van der Waals surface area contributed by atoms with Crippen LogP contribution in [-0.2, 0) is 21.3 Å². The SMILES string of the molecule is COC(=O)c1cccc(S(=O)(=O)NCc2ccc(-n3ccnc3C)cc2)c1. The Hall–Kier alpha value is -2.97. The van der Waals surface area contributed by atoms with E-state index in [1.165, 1.54) is 31.4 Å². The van der Waals surface area contributed by atoms with Crippen LogP contribution in [0.15, 0.2) is 65.8 Å². The molecule has 3 aromatic rings. The molecule has 0 bridgehead atoms. The number of carbonyl (C=O) groups is 1. The molecule has 3 rings (SSSR count). The van der Waals surface area contributed by atoms with E-state index in [0.29, 0.717) is 0 Å². The van der Waals surface area contributed by atoms with Crippen LogP contribution in [0.5, 0.6) is 0 Å². The fourth-order valence-corrected chi connectivity index (χ4v) is 3.66. The number of methoxy groups -OCH3 is 1. The van der Waals surface area contributed by atoms with E-state index in [2.05, 4.69) is 14.4 Å². The molecule has 1 aromatic heterocycles. The van der Waals surface area contributed by atoms with E-state index in [1.807, 2.05) is 42.0 Å². The highest BCUT2D eigenvalue weighted by atomic mass is 32.2. The van der Waals surface area contributed by atoms with Crippen molar-refractivity contribution >= 4 is 16.0 Å². The van der Waals surface area contributed by atoms with E-state index < -0.39 is 16.0 Å². The molecule has 27 heavy (non-hydrogen) atoms. The first-order chi connectivity index (χ1) is 12.9. The smallest absolute Gasteiger partial charge is 0.337 e. The largest absolute Gasteiger partial charge is 0.465 e. The van der Waals surface area contributed by atoms with Gasteiger partial charge in [0.15, 0.2) is 0 Å². The highest BCUT2D eigenvalue weighted by Gasteiger charge is 2.16. The number of carbonyl (C=O) groups excluding carboxylic acids is 1. The molecule has 0 atom stereocenters. The van der Waals surface area contributed by atoms with Gasteiger partial charge in [0.2, 0.25) is 10.0 Å². The van der Waals surface area contributed by atoms with Crippen LogP contribution in [-0.4, -0.2) is 31.0 Å². The van der Waals surface area contributed by atoms with E-state index in [-0.39, 0.29) is 17.0 Å². The summed E-state index contributed by atoms with van der Waals surface area (Å²) in [6.07, 6.45) is 3.58. The molecule has 7 nitrogen and oxygen atoms in total. The maximum Gasteiger partial charge on any atom is 0.337 e. The summed E-state index contributed by atoms with van der Waals surface area (Å²) in [6, 6.07) is 13.2. The van der Waals surface area contributed by atoms with Crippen LogP contribution in [0.3, 0.4) is 0 Å². The van der Waals surface area contributed by atoms with E-state index in [0.717, 1.165) is 17.1 Å². The summed E-state index contributed by atoms with van der Waals surface area (Å²) in [6.45, 7) is 2.04. The lowest BCUT2D eigenvalue weighted by atomic mass is 10.2. The zero-order valence-corrected chi connectivity index (χ0v) is 15.7. The Labute approximate surface area is 157 Å². The molecule has 0 aliphatic heterocycles. The number of imidazole rings is 1. The monoisotopic (exact) mass is 385 g/mol. The Bertz CT molecular complexity index is 1060. The first-order valence-corrected chi connectivity index (χ1v) is 9.66. The van der Waals surface area contributed by atoms with Gasteiger partial charge in [-0.1, -0.05) is 18.2 Å². The number of hydrogen-bond donors (Lipinski definition) is 1. The molecule has 0 unspecified atom stereocenters. The van der Waals surface area contributed by atoms with Gasteiger partial charge >= 0.3 is 5.97 Å².